The number of nitrogens with one attached hydrogen (secondary N) is 1. The van der Waals surface area contributed by atoms with Gasteiger partial charge < -0.3 is 15.0 Å². The molecule has 1 atom stereocenters. The van der Waals surface area contributed by atoms with Gasteiger partial charge in [-0.2, -0.15) is 0 Å². The summed E-state index contributed by atoms with van der Waals surface area (Å²) in [5.41, 5.74) is 0. The Balaban J connectivity index is 1.65. The maximum absolute atomic E-state index is 5.76. The summed E-state index contributed by atoms with van der Waals surface area (Å²) in [7, 11) is 0. The average Bonchev–Trinajstić information content (AvgIpc) is 2.66. The summed E-state index contributed by atoms with van der Waals surface area (Å²) >= 11 is 0. The molecule has 0 aromatic heterocycles. The van der Waals surface area contributed by atoms with Crippen molar-refractivity contribution in [1.82, 2.24) is 15.1 Å². The van der Waals surface area contributed by atoms with E-state index in [0.29, 0.717) is 6.10 Å². The zero-order valence-corrected chi connectivity index (χ0v) is 11.9. The van der Waals surface area contributed by atoms with Crippen LogP contribution in [0.15, 0.2) is 0 Å². The van der Waals surface area contributed by atoms with Crippen LogP contribution in [0, 0.1) is 0 Å². The molecule has 1 unspecified atom stereocenters. The molecule has 4 nitrogen and oxygen atoms in total. The van der Waals surface area contributed by atoms with Gasteiger partial charge in [0.25, 0.3) is 0 Å². The van der Waals surface area contributed by atoms with Crippen LogP contribution in [0.25, 0.3) is 0 Å². The lowest BCUT2D eigenvalue weighted by Crippen LogP contribution is -2.44. The summed E-state index contributed by atoms with van der Waals surface area (Å²) in [6, 6.07) is 0. The molecule has 0 aromatic rings. The van der Waals surface area contributed by atoms with Crippen LogP contribution < -0.4 is 5.32 Å². The summed E-state index contributed by atoms with van der Waals surface area (Å²) in [5, 5.41) is 3.46. The molecular weight excluding hydrogens is 226 g/mol. The molecule has 1 N–H and O–H groups in total. The minimum Gasteiger partial charge on any atom is -0.377 e. The normalized spacial score (nSPS) is 28.2. The molecule has 2 aliphatic rings. The predicted octanol–water partition coefficient (Wildman–Crippen LogP) is 0.783. The Labute approximate surface area is 112 Å². The average molecular weight is 255 g/mol. The van der Waals surface area contributed by atoms with Gasteiger partial charge in [0.1, 0.15) is 0 Å². The van der Waals surface area contributed by atoms with Gasteiger partial charge in [-0.05, 0) is 45.8 Å². The topological polar surface area (TPSA) is 27.7 Å². The Morgan fingerprint density at radius 3 is 2.78 bits per heavy atom. The van der Waals surface area contributed by atoms with Crippen molar-refractivity contribution in [2.24, 2.45) is 0 Å². The van der Waals surface area contributed by atoms with Crippen LogP contribution in [0.5, 0.6) is 0 Å². The van der Waals surface area contributed by atoms with Crippen molar-refractivity contribution in [3.63, 3.8) is 0 Å². The Morgan fingerprint density at radius 1 is 1.06 bits per heavy atom. The van der Waals surface area contributed by atoms with Crippen LogP contribution in [-0.2, 0) is 4.74 Å². The van der Waals surface area contributed by atoms with Gasteiger partial charge in [0, 0.05) is 39.3 Å². The molecule has 2 saturated heterocycles. The highest BCUT2D eigenvalue weighted by atomic mass is 16.5. The molecule has 4 heteroatoms. The number of ether oxygens (including phenoxy) is 1. The second kappa shape index (κ2) is 8.10. The van der Waals surface area contributed by atoms with Gasteiger partial charge in [0.15, 0.2) is 0 Å². The molecule has 0 spiro atoms. The largest absolute Gasteiger partial charge is 0.377 e. The third kappa shape index (κ3) is 4.84. The van der Waals surface area contributed by atoms with Crippen molar-refractivity contribution in [2.45, 2.75) is 32.3 Å². The summed E-state index contributed by atoms with van der Waals surface area (Å²) < 4.78 is 5.76. The van der Waals surface area contributed by atoms with E-state index in [1.807, 2.05) is 0 Å². The molecule has 2 aliphatic heterocycles. The van der Waals surface area contributed by atoms with Crippen LogP contribution in [-0.4, -0.2) is 74.9 Å². The molecule has 106 valence electrons. The number of nitrogens with zero attached hydrogens (tertiary/aromatic N) is 2. The number of rotatable bonds is 5. The van der Waals surface area contributed by atoms with E-state index >= 15 is 0 Å². The maximum Gasteiger partial charge on any atom is 0.0702 e. The fraction of sp³-hybridized carbons (Fsp3) is 1.00. The summed E-state index contributed by atoms with van der Waals surface area (Å²) in [4.78, 5) is 5.19. The van der Waals surface area contributed by atoms with E-state index in [9.17, 15) is 0 Å². The third-order valence-electron chi connectivity index (χ3n) is 4.03. The Bertz CT molecular complexity index is 215. The molecule has 0 bridgehead atoms. The van der Waals surface area contributed by atoms with Crippen LogP contribution >= 0.6 is 0 Å². The summed E-state index contributed by atoms with van der Waals surface area (Å²) in [6.07, 6.45) is 4.32. The highest BCUT2D eigenvalue weighted by molar-refractivity contribution is 4.75. The van der Waals surface area contributed by atoms with Crippen molar-refractivity contribution in [1.29, 1.82) is 0 Å². The lowest BCUT2D eigenvalue weighted by molar-refractivity contribution is 0.00385. The monoisotopic (exact) mass is 255 g/mol. The first-order chi connectivity index (χ1) is 8.88. The molecular formula is C14H29N3O. The Morgan fingerprint density at radius 2 is 1.89 bits per heavy atom. The molecule has 0 aliphatic carbocycles. The number of hydrogen-bond acceptors (Lipinski definition) is 4. The van der Waals surface area contributed by atoms with Crippen LogP contribution in [0.2, 0.25) is 0 Å². The van der Waals surface area contributed by atoms with Gasteiger partial charge in [0.2, 0.25) is 0 Å². The number of likely N-dealkylation sites (tertiary alicyclic amines) is 1. The van der Waals surface area contributed by atoms with E-state index in [0.717, 1.165) is 19.7 Å². The van der Waals surface area contributed by atoms with E-state index in [4.69, 9.17) is 4.74 Å². The van der Waals surface area contributed by atoms with E-state index in [-0.39, 0.29) is 0 Å². The molecule has 2 heterocycles. The SMILES string of the molecule is CCOC1CCCN(CCN2CCCNCC2)C1. The van der Waals surface area contributed by atoms with E-state index in [1.54, 1.807) is 0 Å². The fourth-order valence-electron chi connectivity index (χ4n) is 3.00. The van der Waals surface area contributed by atoms with Gasteiger partial charge in [-0.15, -0.1) is 0 Å². The van der Waals surface area contributed by atoms with Crippen molar-refractivity contribution < 1.29 is 4.74 Å². The molecule has 2 rings (SSSR count). The first-order valence-corrected chi connectivity index (χ1v) is 7.65. The number of hydrogen-bond donors (Lipinski definition) is 1. The first-order valence-electron chi connectivity index (χ1n) is 7.65. The smallest absolute Gasteiger partial charge is 0.0702 e. The third-order valence-corrected chi connectivity index (χ3v) is 4.03. The zero-order valence-electron chi connectivity index (χ0n) is 11.9. The fourth-order valence-corrected chi connectivity index (χ4v) is 3.00. The maximum atomic E-state index is 5.76. The minimum atomic E-state index is 0.481. The Hall–Kier alpha value is -0.160. The van der Waals surface area contributed by atoms with Crippen molar-refractivity contribution in [3.8, 4) is 0 Å². The van der Waals surface area contributed by atoms with Crippen LogP contribution in [0.3, 0.4) is 0 Å². The van der Waals surface area contributed by atoms with Crippen molar-refractivity contribution in [2.75, 3.05) is 59.0 Å². The summed E-state index contributed by atoms with van der Waals surface area (Å²) in [5.74, 6) is 0. The van der Waals surface area contributed by atoms with E-state index < -0.39 is 0 Å². The predicted molar refractivity (Wildman–Crippen MR) is 75.0 cm³/mol. The van der Waals surface area contributed by atoms with Gasteiger partial charge in [-0.1, -0.05) is 0 Å². The minimum absolute atomic E-state index is 0.481. The highest BCUT2D eigenvalue weighted by Crippen LogP contribution is 2.13. The standard InChI is InChI=1S/C14H29N3O/c1-2-18-14-5-3-8-17(13-14)12-11-16-9-4-6-15-7-10-16/h14-15H,2-13H2,1H3. The van der Waals surface area contributed by atoms with Crippen molar-refractivity contribution in [3.05, 3.63) is 0 Å². The second-order valence-corrected chi connectivity index (χ2v) is 5.47. The molecule has 0 aromatic carbocycles. The summed E-state index contributed by atoms with van der Waals surface area (Å²) in [6.45, 7) is 12.6. The second-order valence-electron chi connectivity index (χ2n) is 5.47. The molecule has 0 radical (unpaired) electrons. The lowest BCUT2D eigenvalue weighted by atomic mass is 10.1. The van der Waals surface area contributed by atoms with Gasteiger partial charge >= 0.3 is 0 Å². The van der Waals surface area contributed by atoms with Crippen LogP contribution in [0.4, 0.5) is 0 Å². The number of piperidine rings is 1. The Kier molecular flexibility index (Phi) is 6.41. The first kappa shape index (κ1) is 14.3. The van der Waals surface area contributed by atoms with E-state index in [1.165, 1.54) is 58.5 Å². The molecule has 0 saturated carbocycles. The van der Waals surface area contributed by atoms with Gasteiger partial charge in [-0.3, -0.25) is 4.90 Å². The van der Waals surface area contributed by atoms with E-state index in [2.05, 4.69) is 22.0 Å². The lowest BCUT2D eigenvalue weighted by Gasteiger charge is -2.33. The zero-order chi connectivity index (χ0) is 12.6. The quantitative estimate of drug-likeness (QED) is 0.786. The van der Waals surface area contributed by atoms with Crippen molar-refractivity contribution >= 4 is 0 Å². The molecule has 2 fully saturated rings. The molecule has 0 amide bonds. The highest BCUT2D eigenvalue weighted by Gasteiger charge is 2.20. The van der Waals surface area contributed by atoms with Gasteiger partial charge in [0.05, 0.1) is 6.10 Å². The van der Waals surface area contributed by atoms with Gasteiger partial charge in [-0.25, -0.2) is 0 Å². The molecule has 18 heavy (non-hydrogen) atoms. The van der Waals surface area contributed by atoms with Crippen LogP contribution in [0.1, 0.15) is 26.2 Å².